The summed E-state index contributed by atoms with van der Waals surface area (Å²) in [6.07, 6.45) is 1.83. The van der Waals surface area contributed by atoms with Gasteiger partial charge < -0.3 is 5.32 Å². The summed E-state index contributed by atoms with van der Waals surface area (Å²) in [6.45, 7) is 7.21. The molecule has 0 saturated carbocycles. The Hall–Kier alpha value is -0.0200. The second kappa shape index (κ2) is 7.50. The minimum Gasteiger partial charge on any atom is -0.314 e. The quantitative estimate of drug-likeness (QED) is 0.767. The zero-order chi connectivity index (χ0) is 15.5. The highest BCUT2D eigenvalue weighted by atomic mass is 32.2. The summed E-state index contributed by atoms with van der Waals surface area (Å²) in [5, 5.41) is 3.42. The lowest BCUT2D eigenvalue weighted by Crippen LogP contribution is -2.51. The van der Waals surface area contributed by atoms with Gasteiger partial charge in [-0.3, -0.25) is 4.21 Å². The molecule has 6 nitrogen and oxygen atoms in total. The van der Waals surface area contributed by atoms with E-state index in [1.165, 1.54) is 4.31 Å². The zero-order valence-electron chi connectivity index (χ0n) is 13.0. The number of hydrogen-bond donors (Lipinski definition) is 1. The van der Waals surface area contributed by atoms with Crippen molar-refractivity contribution in [3.63, 3.8) is 0 Å². The van der Waals surface area contributed by atoms with E-state index in [2.05, 4.69) is 19.2 Å². The van der Waals surface area contributed by atoms with E-state index in [9.17, 15) is 12.6 Å². The molecule has 2 heterocycles. The molecule has 0 bridgehead atoms. The fourth-order valence-electron chi connectivity index (χ4n) is 2.76. The van der Waals surface area contributed by atoms with Gasteiger partial charge in [-0.1, -0.05) is 13.8 Å². The molecule has 21 heavy (non-hydrogen) atoms. The lowest BCUT2D eigenvalue weighted by Gasteiger charge is -2.36. The minimum absolute atomic E-state index is 0.393. The van der Waals surface area contributed by atoms with E-state index in [1.807, 2.05) is 0 Å². The summed E-state index contributed by atoms with van der Waals surface area (Å²) in [7, 11) is -4.20. The second-order valence-electron chi connectivity index (χ2n) is 6.16. The first-order chi connectivity index (χ1) is 9.89. The maximum atomic E-state index is 12.6. The van der Waals surface area contributed by atoms with E-state index in [0.29, 0.717) is 49.6 Å². The molecule has 0 aliphatic carbocycles. The van der Waals surface area contributed by atoms with Gasteiger partial charge in [-0.2, -0.15) is 17.0 Å². The molecule has 2 saturated heterocycles. The number of nitrogens with zero attached hydrogens (tertiary/aromatic N) is 2. The molecule has 0 unspecified atom stereocenters. The molecular formula is C13H27N3O3S2. The van der Waals surface area contributed by atoms with Crippen LogP contribution < -0.4 is 5.32 Å². The molecule has 124 valence electrons. The third kappa shape index (κ3) is 4.72. The summed E-state index contributed by atoms with van der Waals surface area (Å²) in [6, 6.07) is 0.473. The van der Waals surface area contributed by atoms with Crippen LogP contribution in [0.4, 0.5) is 0 Å². The van der Waals surface area contributed by atoms with Gasteiger partial charge in [0.2, 0.25) is 0 Å². The van der Waals surface area contributed by atoms with Gasteiger partial charge in [-0.15, -0.1) is 0 Å². The lowest BCUT2D eigenvalue weighted by molar-refractivity contribution is 0.248. The van der Waals surface area contributed by atoms with Crippen molar-refractivity contribution in [2.45, 2.75) is 32.7 Å². The molecule has 0 atom stereocenters. The van der Waals surface area contributed by atoms with Crippen molar-refractivity contribution in [3.05, 3.63) is 0 Å². The van der Waals surface area contributed by atoms with Crippen molar-refractivity contribution < 1.29 is 12.6 Å². The van der Waals surface area contributed by atoms with Crippen molar-refractivity contribution in [1.29, 1.82) is 0 Å². The maximum Gasteiger partial charge on any atom is 0.282 e. The van der Waals surface area contributed by atoms with Crippen LogP contribution >= 0.6 is 0 Å². The third-order valence-corrected chi connectivity index (χ3v) is 7.49. The van der Waals surface area contributed by atoms with Gasteiger partial charge in [0.15, 0.2) is 0 Å². The number of rotatable bonds is 5. The van der Waals surface area contributed by atoms with Crippen LogP contribution in [0, 0.1) is 5.92 Å². The lowest BCUT2D eigenvalue weighted by atomic mass is 9.98. The Labute approximate surface area is 130 Å². The average Bonchev–Trinajstić information content (AvgIpc) is 2.46. The maximum absolute atomic E-state index is 12.6. The first-order valence-corrected chi connectivity index (χ1v) is 10.6. The highest BCUT2D eigenvalue weighted by molar-refractivity contribution is 7.87. The first kappa shape index (κ1) is 17.3. The molecule has 0 radical (unpaired) electrons. The molecule has 2 fully saturated rings. The van der Waals surface area contributed by atoms with E-state index in [1.54, 1.807) is 4.31 Å². The van der Waals surface area contributed by atoms with E-state index < -0.39 is 21.0 Å². The predicted molar refractivity (Wildman–Crippen MR) is 85.8 cm³/mol. The highest BCUT2D eigenvalue weighted by Crippen LogP contribution is 2.21. The molecule has 2 rings (SSSR count). The number of hydrogen-bond acceptors (Lipinski definition) is 4. The standard InChI is InChI=1S/C13H27N3O3S2/c1-12(2)14-11-13-3-5-15(6-4-13)21(18,19)16-7-9-20(17)10-8-16/h12-14H,3-11H2,1-2H3. The molecular weight excluding hydrogens is 310 g/mol. The summed E-state index contributed by atoms with van der Waals surface area (Å²) in [5.41, 5.74) is 0. The van der Waals surface area contributed by atoms with Gasteiger partial charge in [0.1, 0.15) is 0 Å². The van der Waals surface area contributed by atoms with Crippen LogP contribution in [0.25, 0.3) is 0 Å². The van der Waals surface area contributed by atoms with Crippen LogP contribution in [0.1, 0.15) is 26.7 Å². The molecule has 2 aliphatic rings. The van der Waals surface area contributed by atoms with E-state index >= 15 is 0 Å². The Bertz CT molecular complexity index is 449. The zero-order valence-corrected chi connectivity index (χ0v) is 14.6. The fourth-order valence-corrected chi connectivity index (χ4v) is 5.69. The van der Waals surface area contributed by atoms with Gasteiger partial charge in [0.05, 0.1) is 0 Å². The minimum atomic E-state index is -3.35. The van der Waals surface area contributed by atoms with Crippen LogP contribution in [0.3, 0.4) is 0 Å². The predicted octanol–water partition coefficient (Wildman–Crippen LogP) is 0.00550. The normalized spacial score (nSPS) is 24.7. The van der Waals surface area contributed by atoms with E-state index in [-0.39, 0.29) is 0 Å². The first-order valence-electron chi connectivity index (χ1n) is 7.73. The Morgan fingerprint density at radius 3 is 2.14 bits per heavy atom. The molecule has 2 aliphatic heterocycles. The molecule has 0 aromatic carbocycles. The van der Waals surface area contributed by atoms with Crippen molar-refractivity contribution in [1.82, 2.24) is 13.9 Å². The van der Waals surface area contributed by atoms with Crippen molar-refractivity contribution in [2.24, 2.45) is 5.92 Å². The average molecular weight is 338 g/mol. The van der Waals surface area contributed by atoms with Gasteiger partial charge in [0, 0.05) is 54.5 Å². The molecule has 1 N–H and O–H groups in total. The highest BCUT2D eigenvalue weighted by Gasteiger charge is 2.34. The molecule has 0 spiro atoms. The van der Waals surface area contributed by atoms with Crippen molar-refractivity contribution in [3.8, 4) is 0 Å². The SMILES string of the molecule is CC(C)NCC1CCN(S(=O)(=O)N2CCS(=O)CC2)CC1. The summed E-state index contributed by atoms with van der Waals surface area (Å²) < 4.78 is 39.6. The Morgan fingerprint density at radius 1 is 1.10 bits per heavy atom. The van der Waals surface area contributed by atoms with Crippen LogP contribution in [-0.2, 0) is 21.0 Å². The van der Waals surface area contributed by atoms with Crippen LogP contribution in [0.5, 0.6) is 0 Å². The molecule has 0 aromatic heterocycles. The summed E-state index contributed by atoms with van der Waals surface area (Å²) >= 11 is 0. The monoisotopic (exact) mass is 337 g/mol. The van der Waals surface area contributed by atoms with Gasteiger partial charge in [-0.25, -0.2) is 0 Å². The molecule has 8 heteroatoms. The van der Waals surface area contributed by atoms with E-state index in [4.69, 9.17) is 0 Å². The molecule has 0 amide bonds. The smallest absolute Gasteiger partial charge is 0.282 e. The Balaban J connectivity index is 1.84. The van der Waals surface area contributed by atoms with Crippen molar-refractivity contribution >= 4 is 21.0 Å². The largest absolute Gasteiger partial charge is 0.314 e. The molecule has 0 aromatic rings. The second-order valence-corrected chi connectivity index (χ2v) is 9.78. The van der Waals surface area contributed by atoms with Crippen molar-refractivity contribution in [2.75, 3.05) is 44.2 Å². The van der Waals surface area contributed by atoms with Crippen LogP contribution in [0.15, 0.2) is 0 Å². The Kier molecular flexibility index (Phi) is 6.19. The van der Waals surface area contributed by atoms with Crippen LogP contribution in [0.2, 0.25) is 0 Å². The van der Waals surface area contributed by atoms with Crippen LogP contribution in [-0.4, -0.2) is 71.5 Å². The number of piperidine rings is 1. The fraction of sp³-hybridized carbons (Fsp3) is 1.00. The summed E-state index contributed by atoms with van der Waals surface area (Å²) in [5.74, 6) is 1.50. The van der Waals surface area contributed by atoms with Gasteiger partial charge in [0.25, 0.3) is 10.2 Å². The number of nitrogens with one attached hydrogen (secondary N) is 1. The summed E-state index contributed by atoms with van der Waals surface area (Å²) in [4.78, 5) is 0. The van der Waals surface area contributed by atoms with Gasteiger partial charge >= 0.3 is 0 Å². The topological polar surface area (TPSA) is 69.7 Å². The van der Waals surface area contributed by atoms with E-state index in [0.717, 1.165) is 19.4 Å². The third-order valence-electron chi connectivity index (χ3n) is 4.18. The Morgan fingerprint density at radius 2 is 1.62 bits per heavy atom. The van der Waals surface area contributed by atoms with Gasteiger partial charge in [-0.05, 0) is 25.3 Å².